The summed E-state index contributed by atoms with van der Waals surface area (Å²) in [6.45, 7) is 0. The summed E-state index contributed by atoms with van der Waals surface area (Å²) in [5, 5.41) is 6.16. The topological polar surface area (TPSA) is 77.2 Å². The smallest absolute Gasteiger partial charge is 0.247 e. The molecule has 0 aliphatic rings. The number of sulfonamides is 1. The number of hydrogen-bond acceptors (Lipinski definition) is 4. The van der Waals surface area contributed by atoms with Crippen LogP contribution >= 0.6 is 11.3 Å². The van der Waals surface area contributed by atoms with E-state index in [2.05, 4.69) is 0 Å². The zero-order valence-electron chi connectivity index (χ0n) is 5.35. The van der Waals surface area contributed by atoms with Gasteiger partial charge in [0.1, 0.15) is 4.21 Å². The third-order valence-electron chi connectivity index (χ3n) is 0.957. The average Bonchev–Trinajstić information content (AvgIpc) is 1.86. The SMILES string of the molecule is NS(=O)(=O)c1cc(=O)ccs1. The molecule has 0 saturated carbocycles. The molecule has 0 radical (unpaired) electrons. The summed E-state index contributed by atoms with van der Waals surface area (Å²) in [4.78, 5) is 10.6. The Labute approximate surface area is 67.3 Å². The number of hydrogen-bond donors (Lipinski definition) is 1. The van der Waals surface area contributed by atoms with Gasteiger partial charge in [0.25, 0.3) is 0 Å². The molecule has 2 N–H and O–H groups in total. The first-order valence-electron chi connectivity index (χ1n) is 2.62. The molecule has 0 aliphatic carbocycles. The first kappa shape index (κ1) is 8.38. The van der Waals surface area contributed by atoms with Gasteiger partial charge in [-0.1, -0.05) is 0 Å². The van der Waals surface area contributed by atoms with Crippen molar-refractivity contribution >= 4 is 21.4 Å². The fraction of sp³-hybridized carbons (Fsp3) is 0. The van der Waals surface area contributed by atoms with Crippen molar-refractivity contribution in [2.45, 2.75) is 4.21 Å². The van der Waals surface area contributed by atoms with Gasteiger partial charge in [0, 0.05) is 6.07 Å². The summed E-state index contributed by atoms with van der Waals surface area (Å²) in [6, 6.07) is 2.28. The summed E-state index contributed by atoms with van der Waals surface area (Å²) in [7, 11) is -3.71. The first-order chi connectivity index (χ1) is 5.00. The van der Waals surface area contributed by atoms with Crippen LogP contribution in [0.1, 0.15) is 0 Å². The molecule has 6 heteroatoms. The van der Waals surface area contributed by atoms with Gasteiger partial charge in [-0.25, -0.2) is 13.6 Å². The third-order valence-corrected chi connectivity index (χ3v) is 3.24. The lowest BCUT2D eigenvalue weighted by atomic mass is 10.6. The van der Waals surface area contributed by atoms with E-state index >= 15 is 0 Å². The summed E-state index contributed by atoms with van der Waals surface area (Å²) >= 11 is 0.921. The van der Waals surface area contributed by atoms with E-state index < -0.39 is 10.0 Å². The van der Waals surface area contributed by atoms with Crippen LogP contribution in [0.4, 0.5) is 0 Å². The minimum absolute atomic E-state index is 0.106. The van der Waals surface area contributed by atoms with Crippen molar-refractivity contribution in [2.75, 3.05) is 0 Å². The summed E-state index contributed by atoms with van der Waals surface area (Å²) in [5.74, 6) is 0. The second kappa shape index (κ2) is 2.72. The molecule has 1 heterocycles. The quantitative estimate of drug-likeness (QED) is 0.665. The van der Waals surface area contributed by atoms with E-state index in [-0.39, 0.29) is 9.64 Å². The maximum atomic E-state index is 10.6. The van der Waals surface area contributed by atoms with Crippen molar-refractivity contribution in [2.24, 2.45) is 5.14 Å². The molecule has 4 nitrogen and oxygen atoms in total. The molecule has 0 amide bonds. The highest BCUT2D eigenvalue weighted by Gasteiger charge is 2.07. The first-order valence-corrected chi connectivity index (χ1v) is 5.04. The van der Waals surface area contributed by atoms with Crippen molar-refractivity contribution in [3.05, 3.63) is 27.7 Å². The van der Waals surface area contributed by atoms with Crippen LogP contribution < -0.4 is 10.6 Å². The van der Waals surface area contributed by atoms with E-state index in [1.807, 2.05) is 0 Å². The molecule has 0 saturated heterocycles. The highest BCUT2D eigenvalue weighted by atomic mass is 32.2. The van der Waals surface area contributed by atoms with Gasteiger partial charge in [0.05, 0.1) is 0 Å². The Kier molecular flexibility index (Phi) is 2.08. The molecule has 60 valence electrons. The average molecular weight is 191 g/mol. The molecule has 0 aliphatic heterocycles. The van der Waals surface area contributed by atoms with Gasteiger partial charge in [-0.05, 0) is 11.4 Å². The largest absolute Gasteiger partial charge is 0.290 e. The highest BCUT2D eigenvalue weighted by molar-refractivity contribution is 7.91. The van der Waals surface area contributed by atoms with Crippen molar-refractivity contribution < 1.29 is 8.42 Å². The van der Waals surface area contributed by atoms with Gasteiger partial charge in [-0.3, -0.25) is 4.79 Å². The van der Waals surface area contributed by atoms with E-state index in [1.54, 1.807) is 0 Å². The van der Waals surface area contributed by atoms with E-state index in [0.29, 0.717) is 0 Å². The Morgan fingerprint density at radius 3 is 2.45 bits per heavy atom. The summed E-state index contributed by atoms with van der Waals surface area (Å²) < 4.78 is 21.2. The van der Waals surface area contributed by atoms with Crippen LogP contribution in [0.25, 0.3) is 0 Å². The standard InChI is InChI=1S/C5H5NO3S2/c6-11(8,9)5-3-4(7)1-2-10-5/h1-3H,(H2,6,8,9). The van der Waals surface area contributed by atoms with Crippen LogP contribution in [0.2, 0.25) is 0 Å². The molecule has 1 aromatic rings. The fourth-order valence-corrected chi connectivity index (χ4v) is 2.02. The molecule has 0 unspecified atom stereocenters. The predicted molar refractivity (Wildman–Crippen MR) is 42.0 cm³/mol. The minimum atomic E-state index is -3.71. The van der Waals surface area contributed by atoms with Gasteiger partial charge >= 0.3 is 0 Å². The normalized spacial score (nSPS) is 11.4. The highest BCUT2D eigenvalue weighted by Crippen LogP contribution is 2.08. The lowest BCUT2D eigenvalue weighted by Gasteiger charge is -1.92. The maximum Gasteiger partial charge on any atom is 0.247 e. The molecule has 0 atom stereocenters. The fourth-order valence-electron chi connectivity index (χ4n) is 0.516. The maximum absolute atomic E-state index is 10.6. The van der Waals surface area contributed by atoms with Gasteiger partial charge in [-0.15, -0.1) is 11.3 Å². The molecule has 0 bridgehead atoms. The molecular weight excluding hydrogens is 186 g/mol. The van der Waals surface area contributed by atoms with Crippen molar-refractivity contribution in [3.63, 3.8) is 0 Å². The van der Waals surface area contributed by atoms with E-state index in [0.717, 1.165) is 17.4 Å². The lowest BCUT2D eigenvalue weighted by Crippen LogP contribution is -2.13. The van der Waals surface area contributed by atoms with E-state index in [9.17, 15) is 13.2 Å². The number of nitrogens with two attached hydrogens (primary N) is 1. The van der Waals surface area contributed by atoms with Crippen molar-refractivity contribution in [3.8, 4) is 0 Å². The van der Waals surface area contributed by atoms with Gasteiger partial charge < -0.3 is 0 Å². The van der Waals surface area contributed by atoms with Gasteiger partial charge in [-0.2, -0.15) is 0 Å². The van der Waals surface area contributed by atoms with E-state index in [1.165, 1.54) is 11.4 Å². The zero-order valence-corrected chi connectivity index (χ0v) is 6.98. The Balaban J connectivity index is 3.40. The lowest BCUT2D eigenvalue weighted by molar-refractivity contribution is 0.599. The van der Waals surface area contributed by atoms with E-state index in [4.69, 9.17) is 5.14 Å². The van der Waals surface area contributed by atoms with Crippen LogP contribution in [0.3, 0.4) is 0 Å². The predicted octanol–water partition coefficient (Wildman–Crippen LogP) is -0.244. The van der Waals surface area contributed by atoms with Crippen molar-refractivity contribution in [1.29, 1.82) is 0 Å². The zero-order chi connectivity index (χ0) is 8.48. The monoisotopic (exact) mass is 191 g/mol. The molecule has 0 fully saturated rings. The second-order valence-electron chi connectivity index (χ2n) is 1.83. The molecule has 0 aromatic carbocycles. The summed E-state index contributed by atoms with van der Waals surface area (Å²) in [5.41, 5.74) is -0.354. The van der Waals surface area contributed by atoms with Crippen LogP contribution in [0.15, 0.2) is 26.5 Å². The Morgan fingerprint density at radius 1 is 1.45 bits per heavy atom. The Bertz CT molecular complexity index is 406. The third kappa shape index (κ3) is 2.11. The number of primary sulfonamides is 1. The van der Waals surface area contributed by atoms with Gasteiger partial charge in [0.15, 0.2) is 5.43 Å². The molecular formula is C5H5NO3S2. The van der Waals surface area contributed by atoms with Crippen LogP contribution in [-0.4, -0.2) is 8.42 Å². The Morgan fingerprint density at radius 2 is 2.09 bits per heavy atom. The number of rotatable bonds is 1. The summed E-state index contributed by atoms with van der Waals surface area (Å²) in [6.07, 6.45) is 0. The molecule has 1 aromatic heterocycles. The van der Waals surface area contributed by atoms with Crippen LogP contribution in [-0.2, 0) is 10.0 Å². The second-order valence-corrected chi connectivity index (χ2v) is 4.57. The Hall–Kier alpha value is -0.720. The van der Waals surface area contributed by atoms with Gasteiger partial charge in [0.2, 0.25) is 10.0 Å². The van der Waals surface area contributed by atoms with Crippen LogP contribution in [0, 0.1) is 0 Å². The molecule has 11 heavy (non-hydrogen) atoms. The minimum Gasteiger partial charge on any atom is -0.290 e. The van der Waals surface area contributed by atoms with Crippen molar-refractivity contribution in [1.82, 2.24) is 0 Å². The molecule has 1 rings (SSSR count). The molecule has 0 spiro atoms. The van der Waals surface area contributed by atoms with Crippen LogP contribution in [0.5, 0.6) is 0 Å².